The number of piperidine rings is 1. The summed E-state index contributed by atoms with van der Waals surface area (Å²) in [6.07, 6.45) is 5.84. The molecular formula is C22H27N3O3. The third kappa shape index (κ3) is 3.55. The lowest BCUT2D eigenvalue weighted by molar-refractivity contribution is -0.145. The molecule has 148 valence electrons. The fraction of sp³-hybridized carbons (Fsp3) is 0.500. The topological polar surface area (TPSA) is 66.7 Å². The van der Waals surface area contributed by atoms with Crippen LogP contribution >= 0.6 is 0 Å². The van der Waals surface area contributed by atoms with Gasteiger partial charge in [0.15, 0.2) is 6.39 Å². The van der Waals surface area contributed by atoms with Crippen LogP contribution in [0.5, 0.6) is 0 Å². The van der Waals surface area contributed by atoms with E-state index in [1.165, 1.54) is 12.0 Å². The van der Waals surface area contributed by atoms with Crippen LogP contribution in [0.3, 0.4) is 0 Å². The minimum Gasteiger partial charge on any atom is -0.438 e. The molecule has 3 heterocycles. The highest BCUT2D eigenvalue weighted by Crippen LogP contribution is 2.40. The average molecular weight is 381 g/mol. The third-order valence-corrected chi connectivity index (χ3v) is 6.14. The first kappa shape index (κ1) is 18.7. The molecule has 2 aliphatic heterocycles. The Labute approximate surface area is 165 Å². The van der Waals surface area contributed by atoms with E-state index in [2.05, 4.69) is 29.2 Å². The van der Waals surface area contributed by atoms with Crippen molar-refractivity contribution in [2.24, 2.45) is 5.41 Å². The molecule has 1 aromatic heterocycles. The molecule has 0 bridgehead atoms. The smallest absolute Gasteiger partial charge is 0.291 e. The van der Waals surface area contributed by atoms with E-state index < -0.39 is 5.41 Å². The normalized spacial score (nSPS) is 22.2. The Kier molecular flexibility index (Phi) is 5.20. The van der Waals surface area contributed by atoms with Crippen molar-refractivity contribution < 1.29 is 14.0 Å². The van der Waals surface area contributed by atoms with Gasteiger partial charge in [0.25, 0.3) is 5.91 Å². The van der Waals surface area contributed by atoms with Gasteiger partial charge in [-0.05, 0) is 44.6 Å². The molecular weight excluding hydrogens is 354 g/mol. The number of likely N-dealkylation sites (tertiary alicyclic amines) is 2. The summed E-state index contributed by atoms with van der Waals surface area (Å²) in [7, 11) is 0. The Morgan fingerprint density at radius 2 is 2.04 bits per heavy atom. The number of benzene rings is 1. The molecule has 2 saturated heterocycles. The van der Waals surface area contributed by atoms with Crippen LogP contribution in [0.2, 0.25) is 0 Å². The van der Waals surface area contributed by atoms with Crippen molar-refractivity contribution in [1.82, 2.24) is 14.8 Å². The van der Waals surface area contributed by atoms with Gasteiger partial charge in [-0.2, -0.15) is 0 Å². The van der Waals surface area contributed by atoms with Gasteiger partial charge in [0.2, 0.25) is 11.7 Å². The molecule has 1 aromatic carbocycles. The maximum absolute atomic E-state index is 13.3. The van der Waals surface area contributed by atoms with Crippen LogP contribution in [-0.2, 0) is 11.2 Å². The number of carbonyl (C=O) groups is 2. The van der Waals surface area contributed by atoms with Crippen LogP contribution in [0.1, 0.15) is 47.5 Å². The highest BCUT2D eigenvalue weighted by Gasteiger charge is 2.49. The predicted molar refractivity (Wildman–Crippen MR) is 105 cm³/mol. The van der Waals surface area contributed by atoms with Crippen molar-refractivity contribution in [2.75, 3.05) is 26.2 Å². The first-order chi connectivity index (χ1) is 13.6. The summed E-state index contributed by atoms with van der Waals surface area (Å²) in [5, 5.41) is 0. The van der Waals surface area contributed by atoms with Crippen molar-refractivity contribution >= 4 is 11.8 Å². The van der Waals surface area contributed by atoms with Gasteiger partial charge in [-0.3, -0.25) is 9.59 Å². The van der Waals surface area contributed by atoms with Crippen molar-refractivity contribution in [3.8, 4) is 0 Å². The van der Waals surface area contributed by atoms with Crippen LogP contribution in [0.25, 0.3) is 0 Å². The number of rotatable bonds is 5. The standard InChI is InChI=1S/C22H27N3O3/c1-17-19(28-16-23-17)20(26)25-14-11-22(15-25)10-6-13-24(21(22)27)12-5-9-18-7-3-2-4-8-18/h2-4,7-8,16H,5-6,9-15H2,1H3/t22-/m0/s1. The molecule has 2 amide bonds. The number of hydrogen-bond acceptors (Lipinski definition) is 4. The number of aromatic nitrogens is 1. The zero-order chi connectivity index (χ0) is 19.6. The van der Waals surface area contributed by atoms with E-state index in [-0.39, 0.29) is 11.8 Å². The van der Waals surface area contributed by atoms with Crippen LogP contribution in [0.4, 0.5) is 0 Å². The molecule has 0 unspecified atom stereocenters. The number of oxazole rings is 1. The molecule has 0 saturated carbocycles. The Balaban J connectivity index is 1.37. The van der Waals surface area contributed by atoms with E-state index in [9.17, 15) is 9.59 Å². The monoisotopic (exact) mass is 381 g/mol. The van der Waals surface area contributed by atoms with Gasteiger partial charge in [-0.25, -0.2) is 4.98 Å². The second kappa shape index (κ2) is 7.78. The quantitative estimate of drug-likeness (QED) is 0.798. The minimum atomic E-state index is -0.422. The van der Waals surface area contributed by atoms with Gasteiger partial charge in [0.05, 0.1) is 11.1 Å². The minimum absolute atomic E-state index is 0.152. The first-order valence-corrected chi connectivity index (χ1v) is 10.1. The summed E-state index contributed by atoms with van der Waals surface area (Å²) in [4.78, 5) is 33.8. The lowest BCUT2D eigenvalue weighted by atomic mass is 9.78. The molecule has 2 fully saturated rings. The first-order valence-electron chi connectivity index (χ1n) is 10.1. The molecule has 1 atom stereocenters. The van der Waals surface area contributed by atoms with E-state index in [0.717, 1.165) is 45.2 Å². The van der Waals surface area contributed by atoms with Crippen LogP contribution in [0, 0.1) is 12.3 Å². The Bertz CT molecular complexity index is 848. The maximum Gasteiger partial charge on any atom is 0.291 e. The van der Waals surface area contributed by atoms with Crippen LogP contribution in [0.15, 0.2) is 41.1 Å². The molecule has 6 nitrogen and oxygen atoms in total. The number of hydrogen-bond donors (Lipinski definition) is 0. The lowest BCUT2D eigenvalue weighted by Crippen LogP contribution is -2.50. The highest BCUT2D eigenvalue weighted by molar-refractivity contribution is 5.94. The lowest BCUT2D eigenvalue weighted by Gasteiger charge is -2.39. The predicted octanol–water partition coefficient (Wildman–Crippen LogP) is 3.07. The molecule has 28 heavy (non-hydrogen) atoms. The number of nitrogens with zero attached hydrogens (tertiary/aromatic N) is 3. The van der Waals surface area contributed by atoms with Gasteiger partial charge in [-0.15, -0.1) is 0 Å². The summed E-state index contributed by atoms with van der Waals surface area (Å²) >= 11 is 0. The van der Waals surface area contributed by atoms with Crippen molar-refractivity contribution in [1.29, 1.82) is 0 Å². The molecule has 1 spiro atoms. The zero-order valence-electron chi connectivity index (χ0n) is 16.4. The van der Waals surface area contributed by atoms with Gasteiger partial charge in [0, 0.05) is 26.2 Å². The van der Waals surface area contributed by atoms with Gasteiger partial charge in [-0.1, -0.05) is 30.3 Å². The molecule has 4 rings (SSSR count). The summed E-state index contributed by atoms with van der Waals surface area (Å²) in [5.74, 6) is 0.359. The molecule has 2 aliphatic rings. The van der Waals surface area contributed by atoms with Crippen molar-refractivity contribution in [3.05, 3.63) is 53.7 Å². The van der Waals surface area contributed by atoms with E-state index in [1.54, 1.807) is 11.8 Å². The highest BCUT2D eigenvalue weighted by atomic mass is 16.3. The number of aryl methyl sites for hydroxylation is 2. The van der Waals surface area contributed by atoms with Crippen molar-refractivity contribution in [3.63, 3.8) is 0 Å². The Morgan fingerprint density at radius 3 is 2.79 bits per heavy atom. The molecule has 0 radical (unpaired) electrons. The fourth-order valence-corrected chi connectivity index (χ4v) is 4.56. The van der Waals surface area contributed by atoms with E-state index in [1.807, 2.05) is 11.0 Å². The Hall–Kier alpha value is -2.63. The van der Waals surface area contributed by atoms with Crippen molar-refractivity contribution in [2.45, 2.75) is 39.0 Å². The summed E-state index contributed by atoms with van der Waals surface area (Å²) in [5.41, 5.74) is 1.49. The third-order valence-electron chi connectivity index (χ3n) is 6.14. The maximum atomic E-state index is 13.3. The number of amides is 2. The summed E-state index contributed by atoms with van der Waals surface area (Å²) < 4.78 is 5.26. The molecule has 0 aliphatic carbocycles. The molecule has 2 aromatic rings. The van der Waals surface area contributed by atoms with Crippen LogP contribution in [-0.4, -0.2) is 52.8 Å². The second-order valence-electron chi connectivity index (χ2n) is 8.01. The Morgan fingerprint density at radius 1 is 1.21 bits per heavy atom. The SMILES string of the molecule is Cc1ncoc1C(=O)N1CC[C@@]2(CCCN(CCCc3ccccc3)C2=O)C1. The van der Waals surface area contributed by atoms with E-state index in [4.69, 9.17) is 4.42 Å². The summed E-state index contributed by atoms with van der Waals surface area (Å²) in [6, 6.07) is 10.4. The largest absolute Gasteiger partial charge is 0.438 e. The average Bonchev–Trinajstić information content (AvgIpc) is 3.33. The molecule has 6 heteroatoms. The zero-order valence-corrected chi connectivity index (χ0v) is 16.4. The van der Waals surface area contributed by atoms with Gasteiger partial charge in [0.1, 0.15) is 0 Å². The fourth-order valence-electron chi connectivity index (χ4n) is 4.56. The molecule has 0 N–H and O–H groups in total. The van der Waals surface area contributed by atoms with Gasteiger partial charge >= 0.3 is 0 Å². The van der Waals surface area contributed by atoms with E-state index >= 15 is 0 Å². The second-order valence-corrected chi connectivity index (χ2v) is 8.01. The number of carbonyl (C=O) groups excluding carboxylic acids is 2. The van der Waals surface area contributed by atoms with E-state index in [0.29, 0.717) is 24.5 Å². The summed E-state index contributed by atoms with van der Waals surface area (Å²) in [6.45, 7) is 4.46. The van der Waals surface area contributed by atoms with Crippen LogP contribution < -0.4 is 0 Å². The van der Waals surface area contributed by atoms with Gasteiger partial charge < -0.3 is 14.2 Å².